The van der Waals surface area contributed by atoms with Gasteiger partial charge in [-0.05, 0) is 6.92 Å². The van der Waals surface area contributed by atoms with Crippen molar-refractivity contribution in [3.05, 3.63) is 12.4 Å². The smallest absolute Gasteiger partial charge is 0.238 e. The number of hydrogen-bond acceptors (Lipinski definition) is 4. The Hall–Kier alpha value is -1.10. The molecule has 2 heterocycles. The fourth-order valence-corrected chi connectivity index (χ4v) is 1.77. The minimum Gasteiger partial charge on any atom is -0.307 e. The number of carbonyl (C=O) groups excluding carboxylic acids is 1. The van der Waals surface area contributed by atoms with Crippen LogP contribution in [0.5, 0.6) is 0 Å². The van der Waals surface area contributed by atoms with Gasteiger partial charge in [0.15, 0.2) is 5.82 Å². The Kier molecular flexibility index (Phi) is 1.73. The number of carbonyl (C=O) groups is 1. The van der Waals surface area contributed by atoms with Crippen molar-refractivity contribution in [1.29, 1.82) is 0 Å². The molecule has 62 valence electrons. The maximum absolute atomic E-state index is 11.2. The first-order valence-electron chi connectivity index (χ1n) is 3.56. The molecule has 0 fully saturated rings. The average Bonchev–Trinajstić information content (AvgIpc) is 2.07. The second-order valence-corrected chi connectivity index (χ2v) is 3.79. The minimum absolute atomic E-state index is 0.00648. The van der Waals surface area contributed by atoms with Crippen LogP contribution >= 0.6 is 11.8 Å². The lowest BCUT2D eigenvalue weighted by Crippen LogP contribution is -2.27. The molecule has 4 nitrogen and oxygen atoms in total. The summed E-state index contributed by atoms with van der Waals surface area (Å²) < 4.78 is 0. The molecule has 0 radical (unpaired) electrons. The van der Waals surface area contributed by atoms with Crippen LogP contribution in [0.3, 0.4) is 0 Å². The Balaban J connectivity index is 2.40. The summed E-state index contributed by atoms with van der Waals surface area (Å²) >= 11 is 1.43. The molecule has 0 aromatic carbocycles. The summed E-state index contributed by atoms with van der Waals surface area (Å²) in [5, 5.41) is 3.40. The van der Waals surface area contributed by atoms with E-state index in [1.54, 1.807) is 12.4 Å². The van der Waals surface area contributed by atoms with Gasteiger partial charge in [0.1, 0.15) is 5.03 Å². The third kappa shape index (κ3) is 1.16. The van der Waals surface area contributed by atoms with Crippen LogP contribution < -0.4 is 5.32 Å². The van der Waals surface area contributed by atoms with E-state index in [2.05, 4.69) is 15.3 Å². The Bertz CT molecular complexity index is 328. The van der Waals surface area contributed by atoms with Gasteiger partial charge < -0.3 is 5.32 Å². The van der Waals surface area contributed by atoms with Crippen molar-refractivity contribution in [2.75, 3.05) is 5.32 Å². The molecular weight excluding hydrogens is 174 g/mol. The number of rotatable bonds is 0. The molecule has 12 heavy (non-hydrogen) atoms. The zero-order chi connectivity index (χ0) is 8.55. The van der Waals surface area contributed by atoms with E-state index >= 15 is 0 Å². The molecule has 1 aliphatic rings. The highest BCUT2D eigenvalue weighted by atomic mass is 32.2. The van der Waals surface area contributed by atoms with Crippen LogP contribution in [0.15, 0.2) is 17.4 Å². The van der Waals surface area contributed by atoms with Gasteiger partial charge in [0.25, 0.3) is 0 Å². The van der Waals surface area contributed by atoms with E-state index in [0.717, 1.165) is 5.03 Å². The molecule has 0 spiro atoms. The quantitative estimate of drug-likeness (QED) is 0.646. The normalized spacial score (nSPS) is 21.4. The number of thioether (sulfide) groups is 1. The van der Waals surface area contributed by atoms with Gasteiger partial charge in [-0.3, -0.25) is 4.79 Å². The van der Waals surface area contributed by atoms with Crippen molar-refractivity contribution < 1.29 is 4.79 Å². The largest absolute Gasteiger partial charge is 0.307 e. The van der Waals surface area contributed by atoms with E-state index in [4.69, 9.17) is 0 Å². The molecule has 5 heteroatoms. The standard InChI is InChI=1S/C7H7N3OS/c1-4-6(11)10-5-7(12-4)9-3-2-8-5/h2-4H,1H3,(H,8,10,11). The van der Waals surface area contributed by atoms with Crippen molar-refractivity contribution in [2.24, 2.45) is 0 Å². The van der Waals surface area contributed by atoms with Gasteiger partial charge in [0.05, 0.1) is 5.25 Å². The molecule has 1 aliphatic heterocycles. The predicted molar refractivity (Wildman–Crippen MR) is 46.0 cm³/mol. The molecular formula is C7H7N3OS. The fourth-order valence-electron chi connectivity index (χ4n) is 0.937. The van der Waals surface area contributed by atoms with Gasteiger partial charge in [-0.25, -0.2) is 9.97 Å². The van der Waals surface area contributed by atoms with Crippen molar-refractivity contribution >= 4 is 23.5 Å². The molecule has 0 bridgehead atoms. The Morgan fingerprint density at radius 3 is 3.08 bits per heavy atom. The van der Waals surface area contributed by atoms with Crippen molar-refractivity contribution in [2.45, 2.75) is 17.2 Å². The van der Waals surface area contributed by atoms with Crippen molar-refractivity contribution in [1.82, 2.24) is 9.97 Å². The van der Waals surface area contributed by atoms with Gasteiger partial charge in [0, 0.05) is 12.4 Å². The summed E-state index contributed by atoms with van der Waals surface area (Å²) in [5.74, 6) is 0.568. The highest BCUT2D eigenvalue weighted by Crippen LogP contribution is 2.31. The van der Waals surface area contributed by atoms with Crippen LogP contribution in [-0.2, 0) is 4.79 Å². The van der Waals surface area contributed by atoms with Crippen LogP contribution in [-0.4, -0.2) is 21.1 Å². The van der Waals surface area contributed by atoms with E-state index in [1.807, 2.05) is 6.92 Å². The summed E-state index contributed by atoms with van der Waals surface area (Å²) in [6.45, 7) is 1.84. The number of aromatic nitrogens is 2. The number of amides is 1. The SMILES string of the molecule is CC1Sc2nccnc2NC1=O. The van der Waals surface area contributed by atoms with Gasteiger partial charge in [-0.2, -0.15) is 0 Å². The molecule has 1 atom stereocenters. The third-order valence-electron chi connectivity index (χ3n) is 1.56. The summed E-state index contributed by atoms with van der Waals surface area (Å²) in [7, 11) is 0. The molecule has 1 aromatic rings. The van der Waals surface area contributed by atoms with Gasteiger partial charge in [0.2, 0.25) is 5.91 Å². The summed E-state index contributed by atoms with van der Waals surface area (Å²) in [6, 6.07) is 0. The first-order valence-corrected chi connectivity index (χ1v) is 4.44. The molecule has 1 amide bonds. The first-order chi connectivity index (χ1) is 5.77. The summed E-state index contributed by atoms with van der Waals surface area (Å²) in [5.41, 5.74) is 0. The summed E-state index contributed by atoms with van der Waals surface area (Å²) in [6.07, 6.45) is 3.19. The van der Waals surface area contributed by atoms with Crippen LogP contribution in [0.4, 0.5) is 5.82 Å². The van der Waals surface area contributed by atoms with E-state index < -0.39 is 0 Å². The summed E-state index contributed by atoms with van der Waals surface area (Å²) in [4.78, 5) is 19.2. The second-order valence-electron chi connectivity index (χ2n) is 2.46. The third-order valence-corrected chi connectivity index (χ3v) is 2.65. The molecule has 0 saturated heterocycles. The maximum atomic E-state index is 11.2. The predicted octanol–water partition coefficient (Wildman–Crippen LogP) is 0.909. The molecule has 0 saturated carbocycles. The van der Waals surface area contributed by atoms with Gasteiger partial charge in [-0.1, -0.05) is 11.8 Å². The van der Waals surface area contributed by atoms with Crippen molar-refractivity contribution in [3.8, 4) is 0 Å². The molecule has 1 unspecified atom stereocenters. The number of hydrogen-bond donors (Lipinski definition) is 1. The van der Waals surface area contributed by atoms with E-state index in [9.17, 15) is 4.79 Å². The monoisotopic (exact) mass is 181 g/mol. The average molecular weight is 181 g/mol. The molecule has 1 aromatic heterocycles. The zero-order valence-corrected chi connectivity index (χ0v) is 7.26. The van der Waals surface area contributed by atoms with E-state index in [-0.39, 0.29) is 11.2 Å². The topological polar surface area (TPSA) is 54.9 Å². The van der Waals surface area contributed by atoms with Crippen LogP contribution in [0, 0.1) is 0 Å². The number of fused-ring (bicyclic) bond motifs is 1. The Labute approximate surface area is 73.8 Å². The van der Waals surface area contributed by atoms with Crippen LogP contribution in [0.1, 0.15) is 6.92 Å². The van der Waals surface area contributed by atoms with Gasteiger partial charge in [-0.15, -0.1) is 0 Å². The Morgan fingerprint density at radius 1 is 1.50 bits per heavy atom. The molecule has 0 aliphatic carbocycles. The highest BCUT2D eigenvalue weighted by molar-refractivity contribution is 8.00. The maximum Gasteiger partial charge on any atom is 0.238 e. The van der Waals surface area contributed by atoms with E-state index in [0.29, 0.717) is 5.82 Å². The fraction of sp³-hybridized carbons (Fsp3) is 0.286. The lowest BCUT2D eigenvalue weighted by molar-refractivity contribution is -0.115. The lowest BCUT2D eigenvalue weighted by atomic mass is 10.4. The van der Waals surface area contributed by atoms with Crippen LogP contribution in [0.25, 0.3) is 0 Å². The Morgan fingerprint density at radius 2 is 2.25 bits per heavy atom. The molecule has 2 rings (SSSR count). The van der Waals surface area contributed by atoms with Crippen LogP contribution in [0.2, 0.25) is 0 Å². The minimum atomic E-state index is -0.0748. The van der Waals surface area contributed by atoms with Crippen molar-refractivity contribution in [3.63, 3.8) is 0 Å². The lowest BCUT2D eigenvalue weighted by Gasteiger charge is -2.18. The first kappa shape index (κ1) is 7.54. The van der Waals surface area contributed by atoms with Gasteiger partial charge >= 0.3 is 0 Å². The molecule has 1 N–H and O–H groups in total. The second kappa shape index (κ2) is 2.75. The zero-order valence-electron chi connectivity index (χ0n) is 6.44. The number of anilines is 1. The number of nitrogens with zero attached hydrogens (tertiary/aromatic N) is 2. The highest BCUT2D eigenvalue weighted by Gasteiger charge is 2.24. The number of nitrogens with one attached hydrogen (secondary N) is 1. The van der Waals surface area contributed by atoms with E-state index in [1.165, 1.54) is 11.8 Å².